The van der Waals surface area contributed by atoms with Gasteiger partial charge in [0.15, 0.2) is 5.65 Å². The fourth-order valence-corrected chi connectivity index (χ4v) is 3.71. The van der Waals surface area contributed by atoms with Gasteiger partial charge in [0, 0.05) is 42.5 Å². The second kappa shape index (κ2) is 5.84. The summed E-state index contributed by atoms with van der Waals surface area (Å²) in [7, 11) is 0. The molecule has 0 bridgehead atoms. The quantitative estimate of drug-likeness (QED) is 0.552. The molecule has 0 aliphatic carbocycles. The molecule has 0 atom stereocenters. The molecule has 0 radical (unpaired) electrons. The van der Waals surface area contributed by atoms with Gasteiger partial charge in [-0.25, -0.2) is 15.0 Å². The Hall–Kier alpha value is -2.95. The molecule has 0 saturated carbocycles. The van der Waals surface area contributed by atoms with E-state index in [-0.39, 0.29) is 0 Å². The largest absolute Gasteiger partial charge is 0.464 e. The lowest BCUT2D eigenvalue weighted by atomic mass is 9.92. The van der Waals surface area contributed by atoms with Crippen molar-refractivity contribution in [1.29, 1.82) is 0 Å². The van der Waals surface area contributed by atoms with Crippen LogP contribution in [0.4, 0.5) is 5.82 Å². The lowest BCUT2D eigenvalue weighted by Gasteiger charge is -2.32. The molecule has 5 heterocycles. The summed E-state index contributed by atoms with van der Waals surface area (Å²) < 4.78 is 5.50. The molecule has 5 heteroatoms. The van der Waals surface area contributed by atoms with Gasteiger partial charge in [-0.3, -0.25) is 0 Å². The van der Waals surface area contributed by atoms with Gasteiger partial charge in [-0.15, -0.1) is 0 Å². The minimum absolute atomic E-state index is 0.478. The first-order valence-electron chi connectivity index (χ1n) is 8.67. The summed E-state index contributed by atoms with van der Waals surface area (Å²) in [6.07, 6.45) is 7.50. The predicted octanol–water partition coefficient (Wildman–Crippen LogP) is 4.16. The van der Waals surface area contributed by atoms with Crippen LogP contribution in [0.1, 0.15) is 24.5 Å². The van der Waals surface area contributed by atoms with Crippen LogP contribution in [0.15, 0.2) is 59.5 Å². The van der Waals surface area contributed by atoms with E-state index in [0.717, 1.165) is 59.4 Å². The topological polar surface area (TPSA) is 55.1 Å². The molecular weight excluding hydrogens is 312 g/mol. The van der Waals surface area contributed by atoms with Crippen molar-refractivity contribution < 1.29 is 4.42 Å². The lowest BCUT2D eigenvalue weighted by molar-refractivity contribution is 0.495. The molecule has 0 N–H and O–H groups in total. The van der Waals surface area contributed by atoms with Gasteiger partial charge in [-0.1, -0.05) is 0 Å². The Labute approximate surface area is 145 Å². The van der Waals surface area contributed by atoms with E-state index in [1.165, 1.54) is 0 Å². The molecule has 4 aromatic rings. The van der Waals surface area contributed by atoms with Gasteiger partial charge in [0.2, 0.25) is 0 Å². The summed E-state index contributed by atoms with van der Waals surface area (Å²) in [5, 5.41) is 2.19. The summed E-state index contributed by atoms with van der Waals surface area (Å²) in [6, 6.07) is 12.2. The van der Waals surface area contributed by atoms with E-state index in [9.17, 15) is 0 Å². The fourth-order valence-electron chi connectivity index (χ4n) is 3.71. The normalized spacial score (nSPS) is 15.9. The minimum atomic E-state index is 0.478. The van der Waals surface area contributed by atoms with E-state index >= 15 is 0 Å². The molecule has 25 heavy (non-hydrogen) atoms. The van der Waals surface area contributed by atoms with Gasteiger partial charge in [0.25, 0.3) is 0 Å². The van der Waals surface area contributed by atoms with Crippen molar-refractivity contribution in [2.45, 2.75) is 18.8 Å². The molecule has 1 aliphatic heterocycles. The van der Waals surface area contributed by atoms with Gasteiger partial charge < -0.3 is 9.32 Å². The molecule has 124 valence electrons. The summed E-state index contributed by atoms with van der Waals surface area (Å²) >= 11 is 0. The number of rotatable bonds is 2. The number of fused-ring (bicyclic) bond motifs is 2. The summed E-state index contributed by atoms with van der Waals surface area (Å²) in [5.74, 6) is 1.50. The average molecular weight is 330 g/mol. The zero-order valence-electron chi connectivity index (χ0n) is 13.8. The highest BCUT2D eigenvalue weighted by atomic mass is 16.3. The molecule has 1 aliphatic rings. The van der Waals surface area contributed by atoms with Gasteiger partial charge >= 0.3 is 0 Å². The molecule has 4 aromatic heterocycles. The summed E-state index contributed by atoms with van der Waals surface area (Å²) in [5.41, 5.74) is 2.89. The second-order valence-corrected chi connectivity index (χ2v) is 6.51. The molecule has 0 amide bonds. The number of furan rings is 1. The Morgan fingerprint density at radius 2 is 1.88 bits per heavy atom. The molecule has 0 aromatic carbocycles. The molecule has 0 unspecified atom stereocenters. The Kier molecular flexibility index (Phi) is 3.37. The first-order valence-corrected chi connectivity index (χ1v) is 8.67. The molecule has 1 fully saturated rings. The smallest absolute Gasteiger partial charge is 0.159 e. The number of pyridine rings is 3. The third-order valence-corrected chi connectivity index (χ3v) is 5.06. The van der Waals surface area contributed by atoms with E-state index in [0.29, 0.717) is 5.92 Å². The van der Waals surface area contributed by atoms with E-state index in [1.54, 1.807) is 12.5 Å². The van der Waals surface area contributed by atoms with Crippen LogP contribution in [0, 0.1) is 0 Å². The van der Waals surface area contributed by atoms with Crippen LogP contribution < -0.4 is 4.90 Å². The van der Waals surface area contributed by atoms with Crippen molar-refractivity contribution in [3.05, 3.63) is 60.7 Å². The second-order valence-electron chi connectivity index (χ2n) is 6.51. The zero-order chi connectivity index (χ0) is 16.6. The van der Waals surface area contributed by atoms with Crippen LogP contribution in [0.2, 0.25) is 0 Å². The highest BCUT2D eigenvalue weighted by molar-refractivity contribution is 5.88. The number of anilines is 1. The third kappa shape index (κ3) is 2.52. The van der Waals surface area contributed by atoms with Gasteiger partial charge in [-0.05, 0) is 49.2 Å². The SMILES string of the molecule is c1cnc2nc(C3CCN(c4nccc5occc45)CC3)ccc2c1. The van der Waals surface area contributed by atoms with Gasteiger partial charge in [-0.2, -0.15) is 0 Å². The first kappa shape index (κ1) is 14.4. The van der Waals surface area contributed by atoms with Crippen LogP contribution in [0.5, 0.6) is 0 Å². The Bertz CT molecular complexity index is 1030. The van der Waals surface area contributed by atoms with E-state index in [4.69, 9.17) is 9.40 Å². The molecule has 1 saturated heterocycles. The third-order valence-electron chi connectivity index (χ3n) is 5.06. The van der Waals surface area contributed by atoms with Gasteiger partial charge in [0.1, 0.15) is 11.4 Å². The first-order chi connectivity index (χ1) is 12.4. The van der Waals surface area contributed by atoms with Crippen molar-refractivity contribution in [3.63, 3.8) is 0 Å². The highest BCUT2D eigenvalue weighted by Gasteiger charge is 2.24. The highest BCUT2D eigenvalue weighted by Crippen LogP contribution is 2.32. The zero-order valence-corrected chi connectivity index (χ0v) is 13.8. The van der Waals surface area contributed by atoms with Crippen LogP contribution in [-0.4, -0.2) is 28.0 Å². The molecule has 5 nitrogen and oxygen atoms in total. The number of piperidine rings is 1. The summed E-state index contributed by atoms with van der Waals surface area (Å²) in [4.78, 5) is 16.1. The molecule has 0 spiro atoms. The van der Waals surface area contributed by atoms with Crippen LogP contribution >= 0.6 is 0 Å². The Morgan fingerprint density at radius 1 is 0.960 bits per heavy atom. The van der Waals surface area contributed by atoms with Crippen LogP contribution in [0.25, 0.3) is 22.0 Å². The Morgan fingerprint density at radius 3 is 2.80 bits per heavy atom. The van der Waals surface area contributed by atoms with Crippen LogP contribution in [0.3, 0.4) is 0 Å². The number of nitrogens with zero attached hydrogens (tertiary/aromatic N) is 4. The molecule has 5 rings (SSSR count). The van der Waals surface area contributed by atoms with Crippen LogP contribution in [-0.2, 0) is 0 Å². The van der Waals surface area contributed by atoms with Crippen molar-refractivity contribution in [3.8, 4) is 0 Å². The van der Waals surface area contributed by atoms with Crippen molar-refractivity contribution in [1.82, 2.24) is 15.0 Å². The maximum Gasteiger partial charge on any atom is 0.159 e. The average Bonchev–Trinajstić information content (AvgIpc) is 3.17. The van der Waals surface area contributed by atoms with E-state index < -0.39 is 0 Å². The van der Waals surface area contributed by atoms with E-state index in [2.05, 4.69) is 33.1 Å². The maximum atomic E-state index is 5.50. The number of hydrogen-bond acceptors (Lipinski definition) is 5. The minimum Gasteiger partial charge on any atom is -0.464 e. The van der Waals surface area contributed by atoms with E-state index in [1.807, 2.05) is 24.4 Å². The van der Waals surface area contributed by atoms with Crippen molar-refractivity contribution in [2.75, 3.05) is 18.0 Å². The number of aromatic nitrogens is 3. The predicted molar refractivity (Wildman–Crippen MR) is 97.7 cm³/mol. The molecular formula is C20H18N4O. The van der Waals surface area contributed by atoms with Gasteiger partial charge in [0.05, 0.1) is 11.6 Å². The summed E-state index contributed by atoms with van der Waals surface area (Å²) in [6.45, 7) is 1.95. The van der Waals surface area contributed by atoms with Crippen molar-refractivity contribution >= 4 is 27.8 Å². The van der Waals surface area contributed by atoms with Crippen molar-refractivity contribution in [2.24, 2.45) is 0 Å². The lowest BCUT2D eigenvalue weighted by Crippen LogP contribution is -2.33. The standard InChI is InChI=1S/C20H18N4O/c1-2-15-3-4-17(23-19(15)21-9-1)14-6-11-24(12-7-14)20-16-8-13-25-18(16)5-10-22-20/h1-5,8-10,13-14H,6-7,11-12H2. The Balaban J connectivity index is 1.37. The maximum absolute atomic E-state index is 5.50. The monoisotopic (exact) mass is 330 g/mol. The number of hydrogen-bond donors (Lipinski definition) is 0. The fraction of sp³-hybridized carbons (Fsp3) is 0.250.